The highest BCUT2D eigenvalue weighted by Gasteiger charge is 2.40. The molecule has 0 radical (unpaired) electrons. The predicted molar refractivity (Wildman–Crippen MR) is 121 cm³/mol. The van der Waals surface area contributed by atoms with Crippen molar-refractivity contribution in [1.29, 1.82) is 0 Å². The Hall–Kier alpha value is -3.80. The number of halogens is 2. The van der Waals surface area contributed by atoms with Crippen molar-refractivity contribution in [3.05, 3.63) is 101 Å². The minimum Gasteiger partial charge on any atom is -0.350 e. The molecule has 4 rings (SSSR count). The number of unbranched alkanes of at least 4 members (excludes halogenated alkanes) is 1. The van der Waals surface area contributed by atoms with Gasteiger partial charge < -0.3 is 5.32 Å². The standard InChI is InChI=1S/C26H22F2N2O2/c1-2-3-7-17-10-13-20(14-11-17)30-25(31)23(18-8-5-4-6-9-18)24(26(30)32)29-19-12-15-21(27)22(28)16-19/h4-6,8-16,29H,2-3,7H2,1H3. The van der Waals surface area contributed by atoms with Crippen molar-refractivity contribution in [3.8, 4) is 0 Å². The maximum absolute atomic E-state index is 13.7. The van der Waals surface area contributed by atoms with Crippen LogP contribution in [0.4, 0.5) is 20.2 Å². The fraction of sp³-hybridized carbons (Fsp3) is 0.154. The number of benzene rings is 3. The van der Waals surface area contributed by atoms with E-state index >= 15 is 0 Å². The van der Waals surface area contributed by atoms with Gasteiger partial charge in [0.05, 0.1) is 11.3 Å². The number of rotatable bonds is 7. The Balaban J connectivity index is 1.72. The number of nitrogens with zero attached hydrogens (tertiary/aromatic N) is 1. The topological polar surface area (TPSA) is 49.4 Å². The van der Waals surface area contributed by atoms with E-state index in [-0.39, 0.29) is 17.0 Å². The van der Waals surface area contributed by atoms with Gasteiger partial charge in [-0.2, -0.15) is 0 Å². The van der Waals surface area contributed by atoms with Gasteiger partial charge in [0.25, 0.3) is 11.8 Å². The van der Waals surface area contributed by atoms with Crippen LogP contribution in [-0.2, 0) is 16.0 Å². The minimum atomic E-state index is -1.05. The van der Waals surface area contributed by atoms with Gasteiger partial charge in [0.2, 0.25) is 0 Å². The molecule has 0 spiro atoms. The van der Waals surface area contributed by atoms with Gasteiger partial charge in [-0.1, -0.05) is 55.8 Å². The number of carbonyl (C=O) groups excluding carboxylic acids is 2. The third-order valence-electron chi connectivity index (χ3n) is 5.35. The van der Waals surface area contributed by atoms with E-state index in [1.807, 2.05) is 12.1 Å². The molecule has 1 heterocycles. The first kappa shape index (κ1) is 21.4. The molecule has 0 saturated heterocycles. The lowest BCUT2D eigenvalue weighted by molar-refractivity contribution is -0.120. The molecule has 0 fully saturated rings. The molecule has 1 aliphatic heterocycles. The molecule has 0 saturated carbocycles. The van der Waals surface area contributed by atoms with Gasteiger partial charge in [0.1, 0.15) is 5.70 Å². The zero-order valence-corrected chi connectivity index (χ0v) is 17.6. The van der Waals surface area contributed by atoms with E-state index in [0.29, 0.717) is 11.3 Å². The molecule has 4 nitrogen and oxygen atoms in total. The van der Waals surface area contributed by atoms with E-state index in [0.717, 1.165) is 41.9 Å². The van der Waals surface area contributed by atoms with Crippen molar-refractivity contribution >= 4 is 28.8 Å². The first-order valence-electron chi connectivity index (χ1n) is 10.5. The molecule has 32 heavy (non-hydrogen) atoms. The van der Waals surface area contributed by atoms with Gasteiger partial charge in [0.15, 0.2) is 11.6 Å². The number of amides is 2. The molecule has 3 aromatic carbocycles. The van der Waals surface area contributed by atoms with Crippen LogP contribution in [0, 0.1) is 11.6 Å². The number of hydrogen-bond donors (Lipinski definition) is 1. The van der Waals surface area contributed by atoms with E-state index in [2.05, 4.69) is 12.2 Å². The number of hydrogen-bond acceptors (Lipinski definition) is 3. The number of imide groups is 1. The van der Waals surface area contributed by atoms with Crippen molar-refractivity contribution in [2.75, 3.05) is 10.2 Å². The largest absolute Gasteiger partial charge is 0.350 e. The van der Waals surface area contributed by atoms with Crippen LogP contribution in [0.2, 0.25) is 0 Å². The maximum Gasteiger partial charge on any atom is 0.282 e. The molecule has 0 aliphatic carbocycles. The van der Waals surface area contributed by atoms with Crippen LogP contribution in [0.25, 0.3) is 5.57 Å². The second-order valence-corrected chi connectivity index (χ2v) is 7.59. The number of anilines is 2. The molecule has 0 unspecified atom stereocenters. The summed E-state index contributed by atoms with van der Waals surface area (Å²) in [5, 5.41) is 2.84. The summed E-state index contributed by atoms with van der Waals surface area (Å²) in [6, 6.07) is 19.4. The molecule has 1 N–H and O–H groups in total. The number of carbonyl (C=O) groups is 2. The summed E-state index contributed by atoms with van der Waals surface area (Å²) in [6.07, 6.45) is 3.06. The lowest BCUT2D eigenvalue weighted by Gasteiger charge is -2.16. The zero-order chi connectivity index (χ0) is 22.7. The smallest absolute Gasteiger partial charge is 0.282 e. The van der Waals surface area contributed by atoms with Crippen molar-refractivity contribution < 1.29 is 18.4 Å². The van der Waals surface area contributed by atoms with Gasteiger partial charge in [-0.25, -0.2) is 13.7 Å². The Labute approximate surface area is 185 Å². The Kier molecular flexibility index (Phi) is 6.12. The summed E-state index contributed by atoms with van der Waals surface area (Å²) >= 11 is 0. The lowest BCUT2D eigenvalue weighted by Crippen LogP contribution is -2.32. The van der Waals surface area contributed by atoms with Crippen molar-refractivity contribution in [2.45, 2.75) is 26.2 Å². The van der Waals surface area contributed by atoms with E-state index in [4.69, 9.17) is 0 Å². The van der Waals surface area contributed by atoms with E-state index in [1.54, 1.807) is 42.5 Å². The third-order valence-corrected chi connectivity index (χ3v) is 5.35. The Morgan fingerprint density at radius 2 is 1.56 bits per heavy atom. The number of nitrogens with one attached hydrogen (secondary N) is 1. The van der Waals surface area contributed by atoms with Crippen LogP contribution in [0.3, 0.4) is 0 Å². The summed E-state index contributed by atoms with van der Waals surface area (Å²) < 4.78 is 27.1. The Morgan fingerprint density at radius 3 is 2.22 bits per heavy atom. The average molecular weight is 432 g/mol. The van der Waals surface area contributed by atoms with E-state index in [9.17, 15) is 18.4 Å². The first-order valence-corrected chi connectivity index (χ1v) is 10.5. The normalized spacial score (nSPS) is 13.8. The molecule has 1 aliphatic rings. The molecule has 2 amide bonds. The van der Waals surface area contributed by atoms with Gasteiger partial charge in [-0.15, -0.1) is 0 Å². The van der Waals surface area contributed by atoms with Gasteiger partial charge in [-0.3, -0.25) is 9.59 Å². The van der Waals surface area contributed by atoms with E-state index in [1.165, 1.54) is 6.07 Å². The van der Waals surface area contributed by atoms with Crippen LogP contribution in [-0.4, -0.2) is 11.8 Å². The fourth-order valence-corrected chi connectivity index (χ4v) is 3.66. The van der Waals surface area contributed by atoms with Crippen LogP contribution < -0.4 is 10.2 Å². The highest BCUT2D eigenvalue weighted by Crippen LogP contribution is 2.34. The minimum absolute atomic E-state index is 0.0160. The average Bonchev–Trinajstić information content (AvgIpc) is 3.05. The molecule has 162 valence electrons. The zero-order valence-electron chi connectivity index (χ0n) is 17.6. The summed E-state index contributed by atoms with van der Waals surface area (Å²) in [5.74, 6) is -3.08. The molecule has 6 heteroatoms. The quantitative estimate of drug-likeness (QED) is 0.487. The number of aryl methyl sites for hydroxylation is 1. The molecule has 0 atom stereocenters. The molecular formula is C26H22F2N2O2. The highest BCUT2D eigenvalue weighted by atomic mass is 19.2. The second kappa shape index (κ2) is 9.14. The molecule has 3 aromatic rings. The summed E-state index contributed by atoms with van der Waals surface area (Å²) in [4.78, 5) is 27.8. The predicted octanol–water partition coefficient (Wildman–Crippen LogP) is 5.70. The van der Waals surface area contributed by atoms with Crippen LogP contribution in [0.5, 0.6) is 0 Å². The van der Waals surface area contributed by atoms with Crippen LogP contribution in [0.15, 0.2) is 78.5 Å². The fourth-order valence-electron chi connectivity index (χ4n) is 3.66. The van der Waals surface area contributed by atoms with Crippen molar-refractivity contribution in [3.63, 3.8) is 0 Å². The monoisotopic (exact) mass is 432 g/mol. The summed E-state index contributed by atoms with van der Waals surface area (Å²) in [6.45, 7) is 2.12. The SMILES string of the molecule is CCCCc1ccc(N2C(=O)C(Nc3ccc(F)c(F)c3)=C(c3ccccc3)C2=O)cc1. The van der Waals surface area contributed by atoms with Crippen LogP contribution >= 0.6 is 0 Å². The van der Waals surface area contributed by atoms with E-state index < -0.39 is 23.4 Å². The first-order chi connectivity index (χ1) is 15.5. The highest BCUT2D eigenvalue weighted by molar-refractivity contribution is 6.46. The summed E-state index contributed by atoms with van der Waals surface area (Å²) in [7, 11) is 0. The summed E-state index contributed by atoms with van der Waals surface area (Å²) in [5.41, 5.74) is 2.50. The third kappa shape index (κ3) is 4.17. The van der Waals surface area contributed by atoms with Gasteiger partial charge >= 0.3 is 0 Å². The lowest BCUT2D eigenvalue weighted by atomic mass is 10.0. The molecule has 0 aromatic heterocycles. The van der Waals surface area contributed by atoms with Crippen molar-refractivity contribution in [2.24, 2.45) is 0 Å². The maximum atomic E-state index is 13.7. The molecular weight excluding hydrogens is 410 g/mol. The molecule has 0 bridgehead atoms. The van der Waals surface area contributed by atoms with Crippen LogP contribution in [0.1, 0.15) is 30.9 Å². The van der Waals surface area contributed by atoms with Crippen molar-refractivity contribution in [1.82, 2.24) is 0 Å². The van der Waals surface area contributed by atoms with Gasteiger partial charge in [-0.05, 0) is 48.2 Å². The van der Waals surface area contributed by atoms with Gasteiger partial charge in [0, 0.05) is 11.8 Å². The Bertz CT molecular complexity index is 1190. The Morgan fingerprint density at radius 1 is 0.844 bits per heavy atom. The second-order valence-electron chi connectivity index (χ2n) is 7.59.